The minimum Gasteiger partial charge on any atom is -0.508 e. The van der Waals surface area contributed by atoms with Crippen molar-refractivity contribution in [1.82, 2.24) is 0 Å². The van der Waals surface area contributed by atoms with Gasteiger partial charge in [-0.05, 0) is 43.5 Å². The summed E-state index contributed by atoms with van der Waals surface area (Å²) in [5, 5.41) is 30.0. The number of aliphatic hydroxyl groups excluding tert-OH is 1. The zero-order valence-electron chi connectivity index (χ0n) is 14.0. The maximum atomic E-state index is 10.1. The molecule has 0 saturated carbocycles. The van der Waals surface area contributed by atoms with Crippen molar-refractivity contribution in [3.63, 3.8) is 0 Å². The second kappa shape index (κ2) is 6.92. The first-order chi connectivity index (χ1) is 10.8. The van der Waals surface area contributed by atoms with Crippen LogP contribution in [-0.2, 0) is 4.74 Å². The van der Waals surface area contributed by atoms with Gasteiger partial charge in [-0.25, -0.2) is 0 Å². The fourth-order valence-corrected chi connectivity index (χ4v) is 2.47. The molecule has 4 nitrogen and oxygen atoms in total. The second-order valence-electron chi connectivity index (χ2n) is 6.02. The highest BCUT2D eigenvalue weighted by Gasteiger charge is 2.25. The highest BCUT2D eigenvalue weighted by Crippen LogP contribution is 2.41. The molecule has 4 heteroatoms. The zero-order chi connectivity index (χ0) is 17.1. The van der Waals surface area contributed by atoms with Crippen LogP contribution in [0, 0.1) is 12.8 Å². The van der Waals surface area contributed by atoms with Crippen LogP contribution in [0.2, 0.25) is 0 Å². The van der Waals surface area contributed by atoms with Crippen molar-refractivity contribution in [2.24, 2.45) is 5.92 Å². The van der Waals surface area contributed by atoms with Gasteiger partial charge in [-0.15, -0.1) is 0 Å². The number of phenols is 2. The molecule has 2 atom stereocenters. The summed E-state index contributed by atoms with van der Waals surface area (Å²) in [6.45, 7) is 7.89. The summed E-state index contributed by atoms with van der Waals surface area (Å²) >= 11 is 0. The molecule has 2 rings (SSSR count). The number of ether oxygens (including phenoxy) is 1. The molecule has 0 unspecified atom stereocenters. The number of rotatable bonds is 4. The van der Waals surface area contributed by atoms with E-state index in [-0.39, 0.29) is 17.1 Å². The first-order valence-electron chi connectivity index (χ1n) is 7.81. The van der Waals surface area contributed by atoms with Crippen molar-refractivity contribution >= 4 is 6.08 Å². The summed E-state index contributed by atoms with van der Waals surface area (Å²) < 4.78 is 5.43. The molecule has 0 radical (unpaired) electrons. The lowest BCUT2D eigenvalue weighted by Crippen LogP contribution is -2.10. The zero-order valence-corrected chi connectivity index (χ0v) is 14.0. The van der Waals surface area contributed by atoms with Crippen LogP contribution in [0.4, 0.5) is 0 Å². The first kappa shape index (κ1) is 17.2. The summed E-state index contributed by atoms with van der Waals surface area (Å²) in [5.74, 6) is 0.830. The Bertz CT molecular complexity index is 683. The van der Waals surface area contributed by atoms with E-state index in [4.69, 9.17) is 4.74 Å². The van der Waals surface area contributed by atoms with E-state index in [1.165, 1.54) is 6.07 Å². The molecule has 1 aromatic rings. The lowest BCUT2D eigenvalue weighted by molar-refractivity contribution is -0.0665. The highest BCUT2D eigenvalue weighted by atomic mass is 16.6. The van der Waals surface area contributed by atoms with Gasteiger partial charge in [0.25, 0.3) is 0 Å². The molecule has 1 aliphatic rings. The number of hydrogen-bond donors (Lipinski definition) is 3. The predicted octanol–water partition coefficient (Wildman–Crippen LogP) is 4.32. The van der Waals surface area contributed by atoms with Crippen LogP contribution in [0.5, 0.6) is 11.5 Å². The van der Waals surface area contributed by atoms with E-state index in [9.17, 15) is 15.3 Å². The lowest BCUT2D eigenvalue weighted by atomic mass is 9.98. The lowest BCUT2D eigenvalue weighted by Gasteiger charge is -2.23. The van der Waals surface area contributed by atoms with Crippen LogP contribution in [-0.4, -0.2) is 15.3 Å². The molecule has 0 spiro atoms. The average molecular weight is 316 g/mol. The van der Waals surface area contributed by atoms with Crippen molar-refractivity contribution in [3.05, 3.63) is 52.3 Å². The van der Waals surface area contributed by atoms with Crippen LogP contribution in [0.3, 0.4) is 0 Å². The van der Waals surface area contributed by atoms with E-state index in [0.29, 0.717) is 22.8 Å². The van der Waals surface area contributed by atoms with Gasteiger partial charge in [0, 0.05) is 5.56 Å². The van der Waals surface area contributed by atoms with Gasteiger partial charge in [0.1, 0.15) is 17.3 Å². The molecule has 124 valence electrons. The molecule has 23 heavy (non-hydrogen) atoms. The first-order valence-corrected chi connectivity index (χ1v) is 7.81. The smallest absolute Gasteiger partial charge is 0.228 e. The Morgan fingerprint density at radius 3 is 2.74 bits per heavy atom. The predicted molar refractivity (Wildman–Crippen MR) is 90.9 cm³/mol. The van der Waals surface area contributed by atoms with Crippen LogP contribution < -0.4 is 0 Å². The van der Waals surface area contributed by atoms with Crippen LogP contribution >= 0.6 is 0 Å². The second-order valence-corrected chi connectivity index (χ2v) is 6.02. The molecule has 1 heterocycles. The fourth-order valence-electron chi connectivity index (χ4n) is 2.47. The summed E-state index contributed by atoms with van der Waals surface area (Å²) in [5.41, 5.74) is 2.27. The van der Waals surface area contributed by atoms with Gasteiger partial charge in [-0.2, -0.15) is 0 Å². The van der Waals surface area contributed by atoms with E-state index in [1.54, 1.807) is 19.1 Å². The Morgan fingerprint density at radius 1 is 1.39 bits per heavy atom. The number of aliphatic hydroxyl groups is 1. The van der Waals surface area contributed by atoms with Crippen molar-refractivity contribution in [1.29, 1.82) is 0 Å². The third kappa shape index (κ3) is 3.77. The molecule has 1 aromatic carbocycles. The van der Waals surface area contributed by atoms with E-state index >= 15 is 0 Å². The molecule has 0 bridgehead atoms. The Kier molecular flexibility index (Phi) is 5.16. The molecule has 0 fully saturated rings. The minimum absolute atomic E-state index is 0.0113. The molecule has 0 saturated heterocycles. The van der Waals surface area contributed by atoms with E-state index in [0.717, 1.165) is 12.0 Å². The normalized spacial score (nSPS) is 19.3. The molecule has 0 amide bonds. The Morgan fingerprint density at radius 2 is 2.09 bits per heavy atom. The number of allylic oxidation sites excluding steroid dienone is 4. The van der Waals surface area contributed by atoms with Crippen LogP contribution in [0.1, 0.15) is 50.2 Å². The third-order valence-corrected chi connectivity index (χ3v) is 4.09. The monoisotopic (exact) mass is 316 g/mol. The standard InChI is InChI=1S/C19H24O4/c1-5-11(2)8-12(3)6-7-15-9-14-10-16(20)13(4)18(21)17(14)19(22)23-15/h6-11,19-22H,5H2,1-4H3/t11-,19+/m0/s1. The number of fused-ring (bicyclic) bond motifs is 1. The largest absolute Gasteiger partial charge is 0.508 e. The molecule has 3 N–H and O–H groups in total. The third-order valence-electron chi connectivity index (χ3n) is 4.09. The van der Waals surface area contributed by atoms with Gasteiger partial charge in [-0.1, -0.05) is 38.0 Å². The van der Waals surface area contributed by atoms with Crippen molar-refractivity contribution in [3.8, 4) is 11.5 Å². The van der Waals surface area contributed by atoms with Gasteiger partial charge in [0.2, 0.25) is 6.29 Å². The van der Waals surface area contributed by atoms with Gasteiger partial charge < -0.3 is 20.1 Å². The molecule has 0 aromatic heterocycles. The maximum absolute atomic E-state index is 10.1. The highest BCUT2D eigenvalue weighted by molar-refractivity contribution is 5.67. The number of phenolic OH excluding ortho intramolecular Hbond substituents is 2. The summed E-state index contributed by atoms with van der Waals surface area (Å²) in [7, 11) is 0. The summed E-state index contributed by atoms with van der Waals surface area (Å²) in [6, 6.07) is 1.52. The van der Waals surface area contributed by atoms with Crippen molar-refractivity contribution in [2.75, 3.05) is 0 Å². The van der Waals surface area contributed by atoms with Gasteiger partial charge in [-0.3, -0.25) is 0 Å². The topological polar surface area (TPSA) is 69.9 Å². The van der Waals surface area contributed by atoms with Crippen LogP contribution in [0.15, 0.2) is 35.6 Å². The molecule has 0 aliphatic carbocycles. The SMILES string of the molecule is CC[C@H](C)C=C(C)C=CC1=Cc2cc(O)c(C)c(O)c2[C@H](O)O1. The van der Waals surface area contributed by atoms with E-state index in [2.05, 4.69) is 19.9 Å². The van der Waals surface area contributed by atoms with E-state index < -0.39 is 6.29 Å². The Hall–Kier alpha value is -2.20. The van der Waals surface area contributed by atoms with Crippen LogP contribution in [0.25, 0.3) is 6.08 Å². The Balaban J connectivity index is 2.32. The van der Waals surface area contributed by atoms with Gasteiger partial charge >= 0.3 is 0 Å². The van der Waals surface area contributed by atoms with Crippen molar-refractivity contribution < 1.29 is 20.1 Å². The number of benzene rings is 1. The number of aromatic hydroxyl groups is 2. The van der Waals surface area contributed by atoms with Crippen molar-refractivity contribution in [2.45, 2.75) is 40.4 Å². The molecular weight excluding hydrogens is 292 g/mol. The molecule has 1 aliphatic heterocycles. The minimum atomic E-state index is -1.26. The maximum Gasteiger partial charge on any atom is 0.228 e. The summed E-state index contributed by atoms with van der Waals surface area (Å²) in [4.78, 5) is 0. The van der Waals surface area contributed by atoms with Gasteiger partial charge in [0.15, 0.2) is 0 Å². The molecular formula is C19H24O4. The average Bonchev–Trinajstić information content (AvgIpc) is 2.50. The number of hydrogen-bond acceptors (Lipinski definition) is 4. The summed E-state index contributed by atoms with van der Waals surface area (Å²) in [6.07, 6.45) is 7.37. The quantitative estimate of drug-likeness (QED) is 0.724. The fraction of sp³-hybridized carbons (Fsp3) is 0.368. The Labute approximate surface area is 137 Å². The van der Waals surface area contributed by atoms with E-state index in [1.807, 2.05) is 13.0 Å². The van der Waals surface area contributed by atoms with Gasteiger partial charge in [0.05, 0.1) is 5.56 Å².